The maximum atomic E-state index is 11.9. The van der Waals surface area contributed by atoms with Crippen LogP contribution in [0.15, 0.2) is 22.0 Å². The third-order valence-electron chi connectivity index (χ3n) is 2.23. The molecule has 0 aliphatic carbocycles. The van der Waals surface area contributed by atoms with Gasteiger partial charge >= 0.3 is 0 Å². The second kappa shape index (κ2) is 8.42. The number of aliphatic hydroxyl groups is 1. The monoisotopic (exact) mass is 333 g/mol. The molecule has 1 N–H and O–H groups in total. The van der Waals surface area contributed by atoms with Crippen LogP contribution < -0.4 is 0 Å². The number of hydrogen-bond acceptors (Lipinski definition) is 4. The van der Waals surface area contributed by atoms with Crippen molar-refractivity contribution in [3.63, 3.8) is 0 Å². The van der Waals surface area contributed by atoms with E-state index in [-0.39, 0.29) is 12.5 Å². The Hall–Kier alpha value is -0.690. The van der Waals surface area contributed by atoms with Gasteiger partial charge in [-0.25, -0.2) is 0 Å². The molecule has 0 atom stereocenters. The number of thiophene rings is 1. The smallest absolute Gasteiger partial charge is 0.246 e. The van der Waals surface area contributed by atoms with Crippen molar-refractivity contribution in [1.82, 2.24) is 4.90 Å². The zero-order valence-corrected chi connectivity index (χ0v) is 12.5. The van der Waals surface area contributed by atoms with Crippen molar-refractivity contribution in [1.29, 1.82) is 0 Å². The van der Waals surface area contributed by atoms with E-state index in [1.807, 2.05) is 12.1 Å². The molecule has 0 unspecified atom stereocenters. The normalized spacial score (nSPS) is 11.1. The lowest BCUT2D eigenvalue weighted by atomic mass is 10.3. The zero-order valence-electron chi connectivity index (χ0n) is 10.1. The Kier molecular flexibility index (Phi) is 7.19. The third kappa shape index (κ3) is 5.30. The van der Waals surface area contributed by atoms with Crippen LogP contribution >= 0.6 is 27.3 Å². The minimum Gasteiger partial charge on any atom is -0.395 e. The van der Waals surface area contributed by atoms with Gasteiger partial charge in [0.1, 0.15) is 0 Å². The van der Waals surface area contributed by atoms with Gasteiger partial charge in [0.2, 0.25) is 5.91 Å². The predicted octanol–water partition coefficient (Wildman–Crippen LogP) is 1.99. The maximum absolute atomic E-state index is 11.9. The van der Waals surface area contributed by atoms with E-state index in [9.17, 15) is 4.79 Å². The van der Waals surface area contributed by atoms with Gasteiger partial charge in [0.15, 0.2) is 0 Å². The number of aliphatic hydroxyl groups excluding tert-OH is 1. The lowest BCUT2D eigenvalue weighted by molar-refractivity contribution is -0.127. The first-order valence-electron chi connectivity index (χ1n) is 5.49. The first-order valence-corrected chi connectivity index (χ1v) is 7.10. The number of amides is 1. The van der Waals surface area contributed by atoms with Crippen molar-refractivity contribution < 1.29 is 14.6 Å². The van der Waals surface area contributed by atoms with Crippen LogP contribution in [0.25, 0.3) is 6.08 Å². The molecule has 0 saturated carbocycles. The summed E-state index contributed by atoms with van der Waals surface area (Å²) in [5, 5.41) is 8.91. The summed E-state index contributed by atoms with van der Waals surface area (Å²) in [7, 11) is 1.58. The van der Waals surface area contributed by atoms with Crippen molar-refractivity contribution in [2.45, 2.75) is 0 Å². The maximum Gasteiger partial charge on any atom is 0.246 e. The lowest BCUT2D eigenvalue weighted by Gasteiger charge is -2.19. The summed E-state index contributed by atoms with van der Waals surface area (Å²) in [6.45, 7) is 1.22. The van der Waals surface area contributed by atoms with Crippen molar-refractivity contribution in [2.24, 2.45) is 0 Å². The van der Waals surface area contributed by atoms with Gasteiger partial charge in [-0.1, -0.05) is 0 Å². The number of carbonyl (C=O) groups is 1. The number of methoxy groups -OCH3 is 1. The summed E-state index contributed by atoms with van der Waals surface area (Å²) in [4.78, 5) is 14.4. The quantitative estimate of drug-likeness (QED) is 0.776. The third-order valence-corrected chi connectivity index (χ3v) is 3.82. The minimum atomic E-state index is -0.120. The molecule has 1 aromatic heterocycles. The Balaban J connectivity index is 2.57. The summed E-state index contributed by atoms with van der Waals surface area (Å²) in [5.41, 5.74) is 0. The zero-order chi connectivity index (χ0) is 13.4. The Morgan fingerprint density at radius 3 is 2.89 bits per heavy atom. The van der Waals surface area contributed by atoms with Crippen LogP contribution in [0.1, 0.15) is 4.88 Å². The Bertz CT molecular complexity index is 406. The van der Waals surface area contributed by atoms with Gasteiger partial charge in [-0.2, -0.15) is 0 Å². The summed E-state index contributed by atoms with van der Waals surface area (Å²) in [6.07, 6.45) is 3.29. The highest BCUT2D eigenvalue weighted by molar-refractivity contribution is 9.11. The van der Waals surface area contributed by atoms with Crippen LogP contribution in [0.5, 0.6) is 0 Å². The Labute approximate surface area is 119 Å². The summed E-state index contributed by atoms with van der Waals surface area (Å²) in [6, 6.07) is 3.87. The fourth-order valence-corrected chi connectivity index (χ4v) is 2.66. The molecular formula is C12H16BrNO3S. The molecule has 1 amide bonds. The number of halogens is 1. The van der Waals surface area contributed by atoms with E-state index in [4.69, 9.17) is 9.84 Å². The van der Waals surface area contributed by atoms with E-state index in [1.165, 1.54) is 6.08 Å². The Morgan fingerprint density at radius 2 is 2.33 bits per heavy atom. The van der Waals surface area contributed by atoms with E-state index in [0.29, 0.717) is 19.7 Å². The average molecular weight is 334 g/mol. The van der Waals surface area contributed by atoms with Crippen LogP contribution in [-0.4, -0.2) is 49.3 Å². The molecule has 0 aliphatic rings. The summed E-state index contributed by atoms with van der Waals surface area (Å²) in [5.74, 6) is -0.120. The molecule has 0 spiro atoms. The van der Waals surface area contributed by atoms with Gasteiger partial charge in [0, 0.05) is 31.2 Å². The molecule has 0 radical (unpaired) electrons. The van der Waals surface area contributed by atoms with Gasteiger partial charge in [0.05, 0.1) is 17.0 Å². The van der Waals surface area contributed by atoms with Crippen molar-refractivity contribution in [3.8, 4) is 0 Å². The van der Waals surface area contributed by atoms with Gasteiger partial charge in [-0.05, 0) is 34.1 Å². The van der Waals surface area contributed by atoms with E-state index in [0.717, 1.165) is 8.66 Å². The first-order chi connectivity index (χ1) is 8.67. The van der Waals surface area contributed by atoms with Crippen LogP contribution in [-0.2, 0) is 9.53 Å². The molecule has 0 bridgehead atoms. The highest BCUT2D eigenvalue weighted by Crippen LogP contribution is 2.22. The number of hydrogen-bond donors (Lipinski definition) is 1. The topological polar surface area (TPSA) is 49.8 Å². The number of rotatable bonds is 7. The summed E-state index contributed by atoms with van der Waals surface area (Å²) < 4.78 is 5.96. The molecule has 4 nitrogen and oxygen atoms in total. The molecule has 0 saturated heterocycles. The average Bonchev–Trinajstić information content (AvgIpc) is 2.77. The van der Waals surface area contributed by atoms with Crippen LogP contribution in [0.3, 0.4) is 0 Å². The molecule has 0 fully saturated rings. The molecule has 6 heteroatoms. The fraction of sp³-hybridized carbons (Fsp3) is 0.417. The molecule has 18 heavy (non-hydrogen) atoms. The molecule has 0 aromatic carbocycles. The minimum absolute atomic E-state index is 0.0478. The van der Waals surface area contributed by atoms with E-state index in [2.05, 4.69) is 15.9 Å². The van der Waals surface area contributed by atoms with Crippen LogP contribution in [0.4, 0.5) is 0 Å². The fourth-order valence-electron chi connectivity index (χ4n) is 1.33. The molecule has 1 aromatic rings. The highest BCUT2D eigenvalue weighted by atomic mass is 79.9. The van der Waals surface area contributed by atoms with Gasteiger partial charge in [-0.3, -0.25) is 4.79 Å². The van der Waals surface area contributed by atoms with Crippen molar-refractivity contribution in [3.05, 3.63) is 26.9 Å². The molecular weight excluding hydrogens is 318 g/mol. The molecule has 100 valence electrons. The van der Waals surface area contributed by atoms with E-state index in [1.54, 1.807) is 29.4 Å². The van der Waals surface area contributed by atoms with Gasteiger partial charge < -0.3 is 14.7 Å². The molecule has 0 aliphatic heterocycles. The van der Waals surface area contributed by atoms with Crippen LogP contribution in [0.2, 0.25) is 0 Å². The Morgan fingerprint density at radius 1 is 1.56 bits per heavy atom. The lowest BCUT2D eigenvalue weighted by Crippen LogP contribution is -2.34. The van der Waals surface area contributed by atoms with Crippen molar-refractivity contribution >= 4 is 39.2 Å². The number of carbonyl (C=O) groups excluding carboxylic acids is 1. The largest absolute Gasteiger partial charge is 0.395 e. The van der Waals surface area contributed by atoms with E-state index >= 15 is 0 Å². The van der Waals surface area contributed by atoms with Crippen LogP contribution in [0, 0.1) is 0 Å². The van der Waals surface area contributed by atoms with E-state index < -0.39 is 0 Å². The van der Waals surface area contributed by atoms with Crippen molar-refractivity contribution in [2.75, 3.05) is 33.4 Å². The first kappa shape index (κ1) is 15.4. The molecule has 1 heterocycles. The highest BCUT2D eigenvalue weighted by Gasteiger charge is 2.09. The second-order valence-electron chi connectivity index (χ2n) is 3.52. The standard InChI is InChI=1S/C12H16BrNO3S/c1-17-9-7-14(6-8-15)12(16)5-3-10-2-4-11(13)18-10/h2-5,15H,6-9H2,1H3/b5-3+. The predicted molar refractivity (Wildman–Crippen MR) is 76.6 cm³/mol. The SMILES string of the molecule is COCCN(CCO)C(=O)/C=C/c1ccc(Br)s1. The van der Waals surface area contributed by atoms with Gasteiger partial charge in [0.25, 0.3) is 0 Å². The number of ether oxygens (including phenoxy) is 1. The van der Waals surface area contributed by atoms with Gasteiger partial charge in [-0.15, -0.1) is 11.3 Å². The number of nitrogens with zero attached hydrogens (tertiary/aromatic N) is 1. The summed E-state index contributed by atoms with van der Waals surface area (Å²) >= 11 is 4.92. The molecule has 1 rings (SSSR count). The second-order valence-corrected chi connectivity index (χ2v) is 6.01.